The number of carbonyl (C=O) groups is 1. The normalized spacial score (nSPS) is 14.2. The van der Waals surface area contributed by atoms with Crippen LogP contribution in [0.4, 0.5) is 0 Å². The molecule has 0 aliphatic carbocycles. The van der Waals surface area contributed by atoms with E-state index in [1.54, 1.807) is 6.92 Å². The molecule has 0 saturated carbocycles. The molecule has 0 aromatic heterocycles. The molecule has 0 aliphatic rings. The summed E-state index contributed by atoms with van der Waals surface area (Å²) in [6.07, 6.45) is 10.5. The highest BCUT2D eigenvalue weighted by atomic mass is 16.4. The first-order valence-corrected chi connectivity index (χ1v) is 8.10. The Hall–Kier alpha value is -0.610. The maximum absolute atomic E-state index is 10.3. The van der Waals surface area contributed by atoms with Crippen molar-refractivity contribution in [2.24, 2.45) is 0 Å². The van der Waals surface area contributed by atoms with E-state index >= 15 is 0 Å². The number of aliphatic carboxylic acids is 1. The van der Waals surface area contributed by atoms with Crippen LogP contribution in [0.25, 0.3) is 0 Å². The molecule has 0 rings (SSSR count). The second-order valence-corrected chi connectivity index (χ2v) is 5.84. The largest absolute Gasteiger partial charge is 0.481 e. The highest BCUT2D eigenvalue weighted by molar-refractivity contribution is 5.66. The van der Waals surface area contributed by atoms with Gasteiger partial charge in [0.15, 0.2) is 0 Å². The maximum atomic E-state index is 10.3. The van der Waals surface area contributed by atoms with Crippen LogP contribution in [-0.4, -0.2) is 33.5 Å². The average molecular weight is 288 g/mol. The van der Waals surface area contributed by atoms with E-state index in [1.165, 1.54) is 0 Å². The zero-order valence-electron chi connectivity index (χ0n) is 12.9. The summed E-state index contributed by atoms with van der Waals surface area (Å²) < 4.78 is 0. The first-order valence-electron chi connectivity index (χ1n) is 8.10. The van der Waals surface area contributed by atoms with Crippen molar-refractivity contribution >= 4 is 5.97 Å². The predicted molar refractivity (Wildman–Crippen MR) is 80.7 cm³/mol. The van der Waals surface area contributed by atoms with Crippen LogP contribution in [0.2, 0.25) is 0 Å². The monoisotopic (exact) mass is 288 g/mol. The summed E-state index contributed by atoms with van der Waals surface area (Å²) in [4.78, 5) is 10.3. The van der Waals surface area contributed by atoms with Gasteiger partial charge in [-0.2, -0.15) is 0 Å². The zero-order valence-corrected chi connectivity index (χ0v) is 12.9. The first kappa shape index (κ1) is 19.4. The Morgan fingerprint density at radius 2 is 1.25 bits per heavy atom. The predicted octanol–water partition coefficient (Wildman–Crippen LogP) is 3.49. The van der Waals surface area contributed by atoms with Crippen molar-refractivity contribution < 1.29 is 20.1 Å². The van der Waals surface area contributed by atoms with E-state index < -0.39 is 5.97 Å². The van der Waals surface area contributed by atoms with Gasteiger partial charge in [-0.1, -0.05) is 44.9 Å². The molecule has 0 radical (unpaired) electrons. The van der Waals surface area contributed by atoms with Gasteiger partial charge >= 0.3 is 5.97 Å². The third kappa shape index (κ3) is 15.4. The smallest absolute Gasteiger partial charge is 0.303 e. The second kappa shape index (κ2) is 13.4. The van der Waals surface area contributed by atoms with Crippen LogP contribution in [0.15, 0.2) is 0 Å². The minimum absolute atomic E-state index is 0.198. The summed E-state index contributed by atoms with van der Waals surface area (Å²) >= 11 is 0. The lowest BCUT2D eigenvalue weighted by Gasteiger charge is -2.10. The fraction of sp³-hybridized carbons (Fsp3) is 0.938. The second-order valence-electron chi connectivity index (χ2n) is 5.84. The fourth-order valence-corrected chi connectivity index (χ4v) is 2.33. The van der Waals surface area contributed by atoms with Gasteiger partial charge in [-0.3, -0.25) is 4.79 Å². The minimum atomic E-state index is -0.705. The molecule has 3 N–H and O–H groups in total. The number of unbranched alkanes of at least 4 members (excludes halogenated alkanes) is 6. The van der Waals surface area contributed by atoms with E-state index in [-0.39, 0.29) is 18.6 Å². The Kier molecular flexibility index (Phi) is 13.0. The number of aliphatic hydroxyl groups is 2. The molecule has 0 aromatic rings. The van der Waals surface area contributed by atoms with Crippen molar-refractivity contribution in [3.05, 3.63) is 0 Å². The number of rotatable bonds is 14. The molecule has 0 spiro atoms. The Labute approximate surface area is 123 Å². The van der Waals surface area contributed by atoms with Crippen molar-refractivity contribution in [1.82, 2.24) is 0 Å². The van der Waals surface area contributed by atoms with E-state index in [4.69, 9.17) is 10.2 Å². The van der Waals surface area contributed by atoms with E-state index in [1.807, 2.05) is 0 Å². The van der Waals surface area contributed by atoms with Crippen LogP contribution in [-0.2, 0) is 4.79 Å². The van der Waals surface area contributed by atoms with Gasteiger partial charge < -0.3 is 15.3 Å². The summed E-state index contributed by atoms with van der Waals surface area (Å²) in [5.41, 5.74) is 0. The summed E-state index contributed by atoms with van der Waals surface area (Å²) in [5, 5.41) is 27.4. The molecule has 0 bridgehead atoms. The molecule has 0 amide bonds. The van der Waals surface area contributed by atoms with E-state index in [0.29, 0.717) is 0 Å². The Morgan fingerprint density at radius 1 is 0.800 bits per heavy atom. The number of carboxylic acids is 1. The van der Waals surface area contributed by atoms with Gasteiger partial charge in [0.1, 0.15) is 0 Å². The van der Waals surface area contributed by atoms with E-state index in [9.17, 15) is 9.90 Å². The Balaban J connectivity index is 3.19. The SMILES string of the molecule is CC(O)CCCCC(O)CCCCCCCCC(=O)O. The Bertz CT molecular complexity index is 229. The topological polar surface area (TPSA) is 77.8 Å². The summed E-state index contributed by atoms with van der Waals surface area (Å²) in [5.74, 6) is -0.705. The molecule has 2 atom stereocenters. The molecule has 4 nitrogen and oxygen atoms in total. The average Bonchev–Trinajstić information content (AvgIpc) is 2.37. The number of carboxylic acid groups (broad SMARTS) is 1. The van der Waals surface area contributed by atoms with Crippen LogP contribution in [0.5, 0.6) is 0 Å². The molecular weight excluding hydrogens is 256 g/mol. The number of hydrogen-bond acceptors (Lipinski definition) is 3. The molecule has 0 saturated heterocycles. The van der Waals surface area contributed by atoms with Crippen LogP contribution in [0.1, 0.15) is 84.0 Å². The van der Waals surface area contributed by atoms with Gasteiger partial charge in [0.25, 0.3) is 0 Å². The molecule has 4 heteroatoms. The molecule has 0 fully saturated rings. The highest BCUT2D eigenvalue weighted by Gasteiger charge is 2.04. The molecule has 0 aliphatic heterocycles. The lowest BCUT2D eigenvalue weighted by Crippen LogP contribution is -2.07. The molecular formula is C16H32O4. The Morgan fingerprint density at radius 3 is 1.80 bits per heavy atom. The minimum Gasteiger partial charge on any atom is -0.481 e. The van der Waals surface area contributed by atoms with Crippen LogP contribution >= 0.6 is 0 Å². The van der Waals surface area contributed by atoms with Gasteiger partial charge in [-0.05, 0) is 32.6 Å². The van der Waals surface area contributed by atoms with Crippen molar-refractivity contribution in [3.63, 3.8) is 0 Å². The van der Waals surface area contributed by atoms with Gasteiger partial charge in [0, 0.05) is 6.42 Å². The fourth-order valence-electron chi connectivity index (χ4n) is 2.33. The summed E-state index contributed by atoms with van der Waals surface area (Å²) in [7, 11) is 0. The lowest BCUT2D eigenvalue weighted by atomic mass is 10.0. The molecule has 120 valence electrons. The highest BCUT2D eigenvalue weighted by Crippen LogP contribution is 2.13. The number of hydrogen-bond donors (Lipinski definition) is 3. The van der Waals surface area contributed by atoms with Crippen LogP contribution in [0.3, 0.4) is 0 Å². The van der Waals surface area contributed by atoms with Crippen molar-refractivity contribution in [1.29, 1.82) is 0 Å². The molecule has 20 heavy (non-hydrogen) atoms. The third-order valence-electron chi connectivity index (χ3n) is 3.59. The van der Waals surface area contributed by atoms with Gasteiger partial charge in [0.05, 0.1) is 12.2 Å². The standard InChI is InChI=1S/C16H32O4/c1-14(17)10-8-9-12-15(18)11-6-4-2-3-5-7-13-16(19)20/h14-15,17-18H,2-13H2,1H3,(H,19,20). The van der Waals surface area contributed by atoms with E-state index in [2.05, 4.69) is 0 Å². The van der Waals surface area contributed by atoms with Gasteiger partial charge in [-0.15, -0.1) is 0 Å². The van der Waals surface area contributed by atoms with Crippen LogP contribution < -0.4 is 0 Å². The molecule has 2 unspecified atom stereocenters. The number of aliphatic hydroxyl groups excluding tert-OH is 2. The molecule has 0 heterocycles. The van der Waals surface area contributed by atoms with E-state index in [0.717, 1.165) is 70.6 Å². The van der Waals surface area contributed by atoms with Crippen molar-refractivity contribution in [2.45, 2.75) is 96.2 Å². The first-order chi connectivity index (χ1) is 9.52. The zero-order chi connectivity index (χ0) is 15.2. The van der Waals surface area contributed by atoms with Gasteiger partial charge in [-0.25, -0.2) is 0 Å². The summed E-state index contributed by atoms with van der Waals surface area (Å²) in [6.45, 7) is 1.80. The quantitative estimate of drug-likeness (QED) is 0.428. The summed E-state index contributed by atoms with van der Waals surface area (Å²) in [6, 6.07) is 0. The van der Waals surface area contributed by atoms with Crippen molar-refractivity contribution in [3.8, 4) is 0 Å². The lowest BCUT2D eigenvalue weighted by molar-refractivity contribution is -0.137. The van der Waals surface area contributed by atoms with Crippen LogP contribution in [0, 0.1) is 0 Å². The van der Waals surface area contributed by atoms with Gasteiger partial charge in [0.2, 0.25) is 0 Å². The third-order valence-corrected chi connectivity index (χ3v) is 3.59. The molecule has 0 aromatic carbocycles. The van der Waals surface area contributed by atoms with Crippen molar-refractivity contribution in [2.75, 3.05) is 0 Å². The maximum Gasteiger partial charge on any atom is 0.303 e.